The van der Waals surface area contributed by atoms with Crippen molar-refractivity contribution in [3.8, 4) is 0 Å². The van der Waals surface area contributed by atoms with Crippen molar-refractivity contribution in [2.45, 2.75) is 31.5 Å². The lowest BCUT2D eigenvalue weighted by Gasteiger charge is -2.23. The second kappa shape index (κ2) is 6.56. The molecule has 1 aromatic heterocycles. The van der Waals surface area contributed by atoms with Crippen molar-refractivity contribution in [2.24, 2.45) is 0 Å². The predicted octanol–water partition coefficient (Wildman–Crippen LogP) is 0.450. The Labute approximate surface area is 130 Å². The Morgan fingerprint density at radius 3 is 2.82 bits per heavy atom. The van der Waals surface area contributed by atoms with Crippen LogP contribution in [-0.4, -0.2) is 55.4 Å². The van der Waals surface area contributed by atoms with Crippen molar-refractivity contribution in [1.82, 2.24) is 19.9 Å². The van der Waals surface area contributed by atoms with Gasteiger partial charge in [-0.05, 0) is 12.0 Å². The smallest absolute Gasteiger partial charge is 0.0981 e. The highest BCUT2D eigenvalue weighted by Crippen LogP contribution is 2.24. The molecule has 1 atom stereocenters. The molecule has 0 spiro atoms. The second-order valence-electron chi connectivity index (χ2n) is 6.05. The highest BCUT2D eigenvalue weighted by atomic mass is 16.3. The molecule has 0 aliphatic carbocycles. The van der Waals surface area contributed by atoms with Gasteiger partial charge in [-0.3, -0.25) is 4.90 Å². The number of hydrogen-bond acceptors (Lipinski definition) is 5. The van der Waals surface area contributed by atoms with Crippen molar-refractivity contribution in [3.05, 3.63) is 47.8 Å². The standard InChI is InChI=1S/C16H22N4O2/c21-9-6-15-11-20(18-17-15)13-16(22)7-8-19(12-16)10-14-4-2-1-3-5-14/h1-5,11,21-22H,6-10,12-13H2. The average molecular weight is 302 g/mol. The van der Waals surface area contributed by atoms with E-state index in [1.165, 1.54) is 5.56 Å². The summed E-state index contributed by atoms with van der Waals surface area (Å²) in [6, 6.07) is 10.3. The molecule has 0 bridgehead atoms. The van der Waals surface area contributed by atoms with E-state index in [2.05, 4.69) is 27.3 Å². The molecule has 2 heterocycles. The van der Waals surface area contributed by atoms with Gasteiger partial charge in [-0.1, -0.05) is 35.5 Å². The van der Waals surface area contributed by atoms with Gasteiger partial charge < -0.3 is 10.2 Å². The van der Waals surface area contributed by atoms with Gasteiger partial charge in [0.25, 0.3) is 0 Å². The fraction of sp³-hybridized carbons (Fsp3) is 0.500. The molecule has 1 fully saturated rings. The highest BCUT2D eigenvalue weighted by molar-refractivity contribution is 5.15. The van der Waals surface area contributed by atoms with E-state index in [0.717, 1.165) is 25.2 Å². The van der Waals surface area contributed by atoms with Crippen molar-refractivity contribution in [1.29, 1.82) is 0 Å². The van der Waals surface area contributed by atoms with Crippen LogP contribution in [0, 0.1) is 0 Å². The van der Waals surface area contributed by atoms with E-state index in [9.17, 15) is 5.11 Å². The Morgan fingerprint density at radius 2 is 2.05 bits per heavy atom. The van der Waals surface area contributed by atoms with E-state index in [1.807, 2.05) is 18.2 Å². The normalized spacial score (nSPS) is 22.3. The maximum Gasteiger partial charge on any atom is 0.0981 e. The second-order valence-corrected chi connectivity index (χ2v) is 6.05. The molecule has 0 radical (unpaired) electrons. The summed E-state index contributed by atoms with van der Waals surface area (Å²) in [5.41, 5.74) is 1.25. The van der Waals surface area contributed by atoms with Crippen molar-refractivity contribution in [3.63, 3.8) is 0 Å². The zero-order valence-electron chi connectivity index (χ0n) is 12.6. The van der Waals surface area contributed by atoms with Crippen LogP contribution in [0.4, 0.5) is 0 Å². The minimum Gasteiger partial charge on any atom is -0.396 e. The summed E-state index contributed by atoms with van der Waals surface area (Å²) < 4.78 is 1.68. The molecule has 1 aromatic carbocycles. The minimum atomic E-state index is -0.765. The first-order valence-corrected chi connectivity index (χ1v) is 7.65. The summed E-state index contributed by atoms with van der Waals surface area (Å²) in [4.78, 5) is 2.26. The third-order valence-electron chi connectivity index (χ3n) is 4.07. The third-order valence-corrected chi connectivity index (χ3v) is 4.07. The number of aromatic nitrogens is 3. The van der Waals surface area contributed by atoms with Gasteiger partial charge in [0.2, 0.25) is 0 Å². The van der Waals surface area contributed by atoms with E-state index in [4.69, 9.17) is 5.11 Å². The van der Waals surface area contributed by atoms with E-state index in [1.54, 1.807) is 10.9 Å². The summed E-state index contributed by atoms with van der Waals surface area (Å²) in [6.07, 6.45) is 3.03. The van der Waals surface area contributed by atoms with E-state index >= 15 is 0 Å². The van der Waals surface area contributed by atoms with Gasteiger partial charge in [-0.2, -0.15) is 0 Å². The lowest BCUT2D eigenvalue weighted by atomic mass is 10.0. The largest absolute Gasteiger partial charge is 0.396 e. The fourth-order valence-corrected chi connectivity index (χ4v) is 2.99. The number of benzene rings is 1. The molecule has 6 heteroatoms. The van der Waals surface area contributed by atoms with Crippen LogP contribution in [0.25, 0.3) is 0 Å². The van der Waals surface area contributed by atoms with Crippen LogP contribution >= 0.6 is 0 Å². The number of aliphatic hydroxyl groups excluding tert-OH is 1. The maximum absolute atomic E-state index is 10.8. The molecule has 1 saturated heterocycles. The summed E-state index contributed by atoms with van der Waals surface area (Å²) in [6.45, 7) is 2.88. The lowest BCUT2D eigenvalue weighted by Crippen LogP contribution is -2.37. The van der Waals surface area contributed by atoms with Crippen LogP contribution in [0.3, 0.4) is 0 Å². The number of nitrogens with zero attached hydrogens (tertiary/aromatic N) is 4. The van der Waals surface area contributed by atoms with Gasteiger partial charge in [0.1, 0.15) is 0 Å². The molecule has 1 aliphatic heterocycles. The average Bonchev–Trinajstić information content (AvgIpc) is 3.08. The molecule has 3 rings (SSSR count). The van der Waals surface area contributed by atoms with Crippen molar-refractivity contribution < 1.29 is 10.2 Å². The summed E-state index contributed by atoms with van der Waals surface area (Å²) >= 11 is 0. The molecule has 1 aliphatic rings. The molecule has 2 aromatic rings. The molecule has 22 heavy (non-hydrogen) atoms. The molecule has 6 nitrogen and oxygen atoms in total. The van der Waals surface area contributed by atoms with Crippen LogP contribution < -0.4 is 0 Å². The van der Waals surface area contributed by atoms with Crippen molar-refractivity contribution >= 4 is 0 Å². The van der Waals surface area contributed by atoms with Gasteiger partial charge >= 0.3 is 0 Å². The molecule has 0 saturated carbocycles. The van der Waals surface area contributed by atoms with E-state index < -0.39 is 5.60 Å². The number of likely N-dealkylation sites (tertiary alicyclic amines) is 1. The summed E-state index contributed by atoms with van der Waals surface area (Å²) in [7, 11) is 0. The monoisotopic (exact) mass is 302 g/mol. The van der Waals surface area contributed by atoms with Crippen LogP contribution in [0.1, 0.15) is 17.7 Å². The first-order valence-electron chi connectivity index (χ1n) is 7.65. The number of rotatable bonds is 6. The van der Waals surface area contributed by atoms with Crippen LogP contribution in [0.2, 0.25) is 0 Å². The number of hydrogen-bond donors (Lipinski definition) is 2. The molecular weight excluding hydrogens is 280 g/mol. The molecular formula is C16H22N4O2. The van der Waals surface area contributed by atoms with Crippen LogP contribution in [0.5, 0.6) is 0 Å². The van der Waals surface area contributed by atoms with Crippen molar-refractivity contribution in [2.75, 3.05) is 19.7 Å². The van der Waals surface area contributed by atoms with Gasteiger partial charge in [-0.25, -0.2) is 4.68 Å². The topological polar surface area (TPSA) is 74.4 Å². The van der Waals surface area contributed by atoms with Crippen LogP contribution in [-0.2, 0) is 19.5 Å². The Bertz CT molecular complexity index is 601. The Hall–Kier alpha value is -1.76. The summed E-state index contributed by atoms with van der Waals surface area (Å²) in [5.74, 6) is 0. The first-order chi connectivity index (χ1) is 10.7. The fourth-order valence-electron chi connectivity index (χ4n) is 2.99. The Kier molecular flexibility index (Phi) is 4.52. The SMILES string of the molecule is OCCc1cn(CC2(O)CCN(Cc3ccccc3)C2)nn1. The lowest BCUT2D eigenvalue weighted by molar-refractivity contribution is 0.0274. The minimum absolute atomic E-state index is 0.0633. The third kappa shape index (κ3) is 3.71. The van der Waals surface area contributed by atoms with Gasteiger partial charge in [-0.15, -0.1) is 5.10 Å². The quantitative estimate of drug-likeness (QED) is 0.810. The Balaban J connectivity index is 1.57. The Morgan fingerprint density at radius 1 is 1.23 bits per heavy atom. The first kappa shape index (κ1) is 15.1. The number of β-amino-alcohol motifs (C(OH)–C–C–N with tert-alkyl or cyclic N) is 1. The molecule has 2 N–H and O–H groups in total. The molecule has 118 valence electrons. The van der Waals surface area contributed by atoms with E-state index in [0.29, 0.717) is 19.5 Å². The van der Waals surface area contributed by atoms with Crippen LogP contribution in [0.15, 0.2) is 36.5 Å². The number of aliphatic hydroxyl groups is 2. The zero-order chi connectivity index (χ0) is 15.4. The van der Waals surface area contributed by atoms with E-state index in [-0.39, 0.29) is 6.61 Å². The highest BCUT2D eigenvalue weighted by Gasteiger charge is 2.36. The maximum atomic E-state index is 10.8. The van der Waals surface area contributed by atoms with Gasteiger partial charge in [0, 0.05) is 38.9 Å². The predicted molar refractivity (Wildman–Crippen MR) is 82.1 cm³/mol. The molecule has 1 unspecified atom stereocenters. The zero-order valence-corrected chi connectivity index (χ0v) is 12.6. The van der Waals surface area contributed by atoms with Gasteiger partial charge in [0.05, 0.1) is 17.8 Å². The molecule has 0 amide bonds. The van der Waals surface area contributed by atoms with Gasteiger partial charge in [0.15, 0.2) is 0 Å². The summed E-state index contributed by atoms with van der Waals surface area (Å²) in [5, 5.41) is 27.7.